The molecule has 194 valence electrons. The lowest BCUT2D eigenvalue weighted by Gasteiger charge is -2.34. The molecule has 2 aromatic carbocycles. The van der Waals surface area contributed by atoms with Crippen LogP contribution in [0, 0.1) is 6.92 Å². The van der Waals surface area contributed by atoms with E-state index in [1.165, 1.54) is 11.1 Å². The zero-order valence-corrected chi connectivity index (χ0v) is 21.3. The maximum atomic E-state index is 13.5. The van der Waals surface area contributed by atoms with E-state index in [-0.39, 0.29) is 42.6 Å². The molecule has 1 aliphatic heterocycles. The van der Waals surface area contributed by atoms with Crippen molar-refractivity contribution in [1.82, 2.24) is 19.6 Å². The van der Waals surface area contributed by atoms with E-state index in [0.29, 0.717) is 30.8 Å². The van der Waals surface area contributed by atoms with Gasteiger partial charge in [-0.05, 0) is 31.4 Å². The maximum absolute atomic E-state index is 13.5. The maximum Gasteiger partial charge on any atom is 0.275 e. The third-order valence-electron chi connectivity index (χ3n) is 7.50. The largest absolute Gasteiger partial charge is 0.370 e. The van der Waals surface area contributed by atoms with Crippen LogP contribution in [0.3, 0.4) is 0 Å². The number of amides is 2. The first-order valence-corrected chi connectivity index (χ1v) is 13.2. The predicted molar refractivity (Wildman–Crippen MR) is 141 cm³/mol. The molecule has 2 amide bonds. The molecule has 1 saturated heterocycles. The monoisotopic (exact) mass is 502 g/mol. The molecular weight excluding hydrogens is 468 g/mol. The minimum absolute atomic E-state index is 0.0121. The molecule has 1 aromatic heterocycles. The van der Waals surface area contributed by atoms with E-state index in [0.717, 1.165) is 36.6 Å². The Morgan fingerprint density at radius 1 is 0.946 bits per heavy atom. The molecule has 0 bridgehead atoms. The summed E-state index contributed by atoms with van der Waals surface area (Å²) in [6.07, 6.45) is 5.08. The molecule has 37 heavy (non-hydrogen) atoms. The van der Waals surface area contributed by atoms with Crippen LogP contribution >= 0.6 is 0 Å². The first-order valence-electron chi connectivity index (χ1n) is 13.2. The summed E-state index contributed by atoms with van der Waals surface area (Å²) < 4.78 is 7.49. The zero-order valence-electron chi connectivity index (χ0n) is 21.3. The van der Waals surface area contributed by atoms with Gasteiger partial charge in [-0.2, -0.15) is 5.10 Å². The number of carbonyl (C=O) groups is 2. The van der Waals surface area contributed by atoms with Gasteiger partial charge in [-0.1, -0.05) is 67.8 Å². The van der Waals surface area contributed by atoms with Crippen molar-refractivity contribution < 1.29 is 14.3 Å². The molecule has 3 aromatic rings. The number of aromatic nitrogens is 2. The third kappa shape index (κ3) is 5.74. The molecule has 8 nitrogen and oxygen atoms in total. The van der Waals surface area contributed by atoms with Gasteiger partial charge in [0, 0.05) is 24.5 Å². The number of rotatable bonds is 6. The zero-order chi connectivity index (χ0) is 25.8. The number of hydrogen-bond acceptors (Lipinski definition) is 5. The topological polar surface area (TPSA) is 84.7 Å². The van der Waals surface area contributed by atoms with Gasteiger partial charge in [0.15, 0.2) is 0 Å². The van der Waals surface area contributed by atoms with Crippen molar-refractivity contribution in [3.63, 3.8) is 0 Å². The molecule has 1 aliphatic carbocycles. The molecule has 0 N–H and O–H groups in total. The van der Waals surface area contributed by atoms with E-state index in [9.17, 15) is 14.4 Å². The summed E-state index contributed by atoms with van der Waals surface area (Å²) in [5.74, 6) is -0.363. The molecule has 5 rings (SSSR count). The number of hydrogen-bond donors (Lipinski definition) is 0. The molecule has 2 fully saturated rings. The Morgan fingerprint density at radius 3 is 2.41 bits per heavy atom. The normalized spacial score (nSPS) is 19.3. The Morgan fingerprint density at radius 2 is 1.65 bits per heavy atom. The van der Waals surface area contributed by atoms with E-state index < -0.39 is 0 Å². The highest BCUT2D eigenvalue weighted by Gasteiger charge is 2.35. The summed E-state index contributed by atoms with van der Waals surface area (Å²) in [6.45, 7) is 2.77. The Labute approximate surface area is 216 Å². The highest BCUT2D eigenvalue weighted by molar-refractivity contribution is 5.86. The van der Waals surface area contributed by atoms with Crippen LogP contribution in [0.2, 0.25) is 0 Å². The second-order valence-corrected chi connectivity index (χ2v) is 10.1. The van der Waals surface area contributed by atoms with Crippen LogP contribution in [0.5, 0.6) is 0 Å². The Balaban J connectivity index is 1.37. The first kappa shape index (κ1) is 25.1. The van der Waals surface area contributed by atoms with Gasteiger partial charge in [-0.15, -0.1) is 0 Å². The van der Waals surface area contributed by atoms with E-state index in [4.69, 9.17) is 4.74 Å². The van der Waals surface area contributed by atoms with Gasteiger partial charge in [-0.25, -0.2) is 4.68 Å². The molecule has 1 saturated carbocycles. The van der Waals surface area contributed by atoms with Crippen LogP contribution in [0.1, 0.15) is 43.4 Å². The van der Waals surface area contributed by atoms with Gasteiger partial charge in [0.05, 0.1) is 30.3 Å². The van der Waals surface area contributed by atoms with Crippen LogP contribution < -0.4 is 5.56 Å². The van der Waals surface area contributed by atoms with Gasteiger partial charge in [-0.3, -0.25) is 14.4 Å². The fraction of sp³-hybridized carbons (Fsp3) is 0.448. The summed E-state index contributed by atoms with van der Waals surface area (Å²) >= 11 is 0. The Hall–Kier alpha value is -3.52. The predicted octanol–water partition coefficient (Wildman–Crippen LogP) is 3.29. The number of benzene rings is 2. The second kappa shape index (κ2) is 11.3. The minimum Gasteiger partial charge on any atom is -0.370 e. The Bertz CT molecular complexity index is 1320. The van der Waals surface area contributed by atoms with Crippen molar-refractivity contribution in [2.45, 2.75) is 64.3 Å². The van der Waals surface area contributed by atoms with Crippen molar-refractivity contribution in [3.8, 4) is 0 Å². The summed E-state index contributed by atoms with van der Waals surface area (Å²) in [5, 5.41) is 5.70. The molecule has 2 aliphatic rings. The van der Waals surface area contributed by atoms with Crippen molar-refractivity contribution in [2.24, 2.45) is 0 Å². The average Bonchev–Trinajstić information content (AvgIpc) is 3.10. The van der Waals surface area contributed by atoms with E-state index in [1.54, 1.807) is 17.0 Å². The molecule has 8 heteroatoms. The van der Waals surface area contributed by atoms with Crippen LogP contribution in [0.4, 0.5) is 0 Å². The Kier molecular flexibility index (Phi) is 7.65. The number of ether oxygens (including phenoxy) is 1. The van der Waals surface area contributed by atoms with Gasteiger partial charge in [0.1, 0.15) is 6.54 Å². The highest BCUT2D eigenvalue weighted by atomic mass is 16.5. The van der Waals surface area contributed by atoms with Crippen molar-refractivity contribution in [1.29, 1.82) is 0 Å². The number of aryl methyl sites for hydroxylation is 1. The molecule has 2 heterocycles. The van der Waals surface area contributed by atoms with Crippen molar-refractivity contribution in [2.75, 3.05) is 19.6 Å². The molecule has 1 atom stereocenters. The fourth-order valence-electron chi connectivity index (χ4n) is 5.51. The second-order valence-electron chi connectivity index (χ2n) is 10.1. The van der Waals surface area contributed by atoms with E-state index in [2.05, 4.69) is 5.10 Å². The molecule has 0 unspecified atom stereocenters. The van der Waals surface area contributed by atoms with E-state index in [1.807, 2.05) is 54.3 Å². The lowest BCUT2D eigenvalue weighted by Crippen LogP contribution is -2.46. The summed E-state index contributed by atoms with van der Waals surface area (Å²) in [4.78, 5) is 43.4. The minimum atomic E-state index is -0.319. The SMILES string of the molecule is Cc1nn(CC(=O)N2CC(=O)N(C3CCCCC3)C[C@H](OCc3ccccc3)C2)c(=O)c2ccccc12. The van der Waals surface area contributed by atoms with Gasteiger partial charge < -0.3 is 14.5 Å². The fourth-order valence-corrected chi connectivity index (χ4v) is 5.51. The number of nitrogens with zero attached hydrogens (tertiary/aromatic N) is 4. The number of carbonyl (C=O) groups excluding carboxylic acids is 2. The molecule has 0 spiro atoms. The number of fused-ring (bicyclic) bond motifs is 1. The quantitative estimate of drug-likeness (QED) is 0.517. The standard InChI is InChI=1S/C29H34N4O4/c1-21-25-14-8-9-15-26(25)29(36)33(30-21)19-27(34)31-16-24(37-20-22-10-4-2-5-11-22)17-32(28(35)18-31)23-12-6-3-7-13-23/h2,4-5,8-11,14-15,23-24H,3,6-7,12-13,16-20H2,1H3/t24-/m1/s1. The average molecular weight is 503 g/mol. The summed E-state index contributed by atoms with van der Waals surface area (Å²) in [5.41, 5.74) is 1.42. The summed E-state index contributed by atoms with van der Waals surface area (Å²) in [6, 6.07) is 17.4. The van der Waals surface area contributed by atoms with Crippen LogP contribution in [-0.4, -0.2) is 63.2 Å². The van der Waals surface area contributed by atoms with Crippen LogP contribution in [0.25, 0.3) is 10.8 Å². The van der Waals surface area contributed by atoms with Crippen molar-refractivity contribution >= 4 is 22.6 Å². The molecule has 0 radical (unpaired) electrons. The lowest BCUT2D eigenvalue weighted by molar-refractivity contribution is -0.140. The third-order valence-corrected chi connectivity index (χ3v) is 7.50. The van der Waals surface area contributed by atoms with E-state index >= 15 is 0 Å². The summed E-state index contributed by atoms with van der Waals surface area (Å²) in [7, 11) is 0. The smallest absolute Gasteiger partial charge is 0.275 e. The van der Waals surface area contributed by atoms with Crippen LogP contribution in [0.15, 0.2) is 59.4 Å². The molecular formula is C29H34N4O4. The first-order chi connectivity index (χ1) is 18.0. The highest BCUT2D eigenvalue weighted by Crippen LogP contribution is 2.25. The van der Waals surface area contributed by atoms with Gasteiger partial charge >= 0.3 is 0 Å². The van der Waals surface area contributed by atoms with Crippen LogP contribution in [-0.2, 0) is 27.5 Å². The lowest BCUT2D eigenvalue weighted by atomic mass is 9.94. The van der Waals surface area contributed by atoms with Gasteiger partial charge in [0.2, 0.25) is 11.8 Å². The van der Waals surface area contributed by atoms with Gasteiger partial charge in [0.25, 0.3) is 5.56 Å². The van der Waals surface area contributed by atoms with Crippen molar-refractivity contribution in [3.05, 3.63) is 76.2 Å².